The van der Waals surface area contributed by atoms with E-state index in [0.717, 1.165) is 5.56 Å². The second kappa shape index (κ2) is 6.10. The second-order valence-electron chi connectivity index (χ2n) is 4.46. The molecule has 110 valence electrons. The zero-order valence-electron chi connectivity index (χ0n) is 11.0. The molecule has 3 nitrogen and oxygen atoms in total. The number of rotatable bonds is 4. The fourth-order valence-corrected chi connectivity index (χ4v) is 2.03. The largest absolute Gasteiger partial charge is 0.483 e. The van der Waals surface area contributed by atoms with E-state index in [-0.39, 0.29) is 6.61 Å². The van der Waals surface area contributed by atoms with Gasteiger partial charge < -0.3 is 9.84 Å². The Balaban J connectivity index is 2.22. The minimum Gasteiger partial charge on any atom is -0.483 e. The van der Waals surface area contributed by atoms with E-state index < -0.39 is 28.9 Å². The zero-order valence-corrected chi connectivity index (χ0v) is 11.7. The van der Waals surface area contributed by atoms with E-state index in [0.29, 0.717) is 22.7 Å². The number of benzene rings is 2. The summed E-state index contributed by atoms with van der Waals surface area (Å²) in [4.78, 5) is 10.7. The summed E-state index contributed by atoms with van der Waals surface area (Å²) >= 11 is 6.00. The summed E-state index contributed by atoms with van der Waals surface area (Å²) in [5, 5.41) is 9.13. The predicted octanol–water partition coefficient (Wildman–Crippen LogP) is 4.20. The van der Waals surface area contributed by atoms with Crippen LogP contribution < -0.4 is 4.74 Å². The molecule has 2 aromatic carbocycles. The van der Waals surface area contributed by atoms with Gasteiger partial charge in [-0.1, -0.05) is 23.7 Å². The average Bonchev–Trinajstić information content (AvgIpc) is 2.39. The lowest BCUT2D eigenvalue weighted by Crippen LogP contribution is -2.04. The normalized spacial score (nSPS) is 10.5. The smallest absolute Gasteiger partial charge is 0.335 e. The van der Waals surface area contributed by atoms with E-state index in [1.807, 2.05) is 6.92 Å². The maximum atomic E-state index is 13.7. The summed E-state index contributed by atoms with van der Waals surface area (Å²) in [5.74, 6) is -4.19. The van der Waals surface area contributed by atoms with Crippen LogP contribution in [0.3, 0.4) is 0 Å². The van der Waals surface area contributed by atoms with E-state index in [2.05, 4.69) is 0 Å². The van der Waals surface area contributed by atoms with Crippen molar-refractivity contribution in [1.29, 1.82) is 0 Å². The van der Waals surface area contributed by atoms with E-state index in [9.17, 15) is 13.6 Å². The van der Waals surface area contributed by atoms with Crippen LogP contribution in [-0.4, -0.2) is 11.1 Å². The number of ether oxygens (including phenoxy) is 1. The molecule has 0 aliphatic carbocycles. The number of halogens is 3. The summed E-state index contributed by atoms with van der Waals surface area (Å²) in [6.07, 6.45) is 0. The molecule has 0 saturated heterocycles. The molecule has 0 atom stereocenters. The van der Waals surface area contributed by atoms with E-state index in [1.165, 1.54) is 0 Å². The minimum atomic E-state index is -1.42. The van der Waals surface area contributed by atoms with Crippen molar-refractivity contribution in [3.63, 3.8) is 0 Å². The van der Waals surface area contributed by atoms with Crippen molar-refractivity contribution < 1.29 is 23.4 Å². The molecule has 21 heavy (non-hydrogen) atoms. The Labute approximate surface area is 124 Å². The first-order valence-corrected chi connectivity index (χ1v) is 6.36. The van der Waals surface area contributed by atoms with Crippen LogP contribution in [0.2, 0.25) is 5.02 Å². The van der Waals surface area contributed by atoms with Crippen molar-refractivity contribution in [2.45, 2.75) is 13.5 Å². The van der Waals surface area contributed by atoms with E-state index in [1.54, 1.807) is 18.2 Å². The fourth-order valence-electron chi connectivity index (χ4n) is 1.74. The summed E-state index contributed by atoms with van der Waals surface area (Å²) in [5.41, 5.74) is 1.04. The highest BCUT2D eigenvalue weighted by Crippen LogP contribution is 2.26. The topological polar surface area (TPSA) is 46.5 Å². The second-order valence-corrected chi connectivity index (χ2v) is 4.86. The van der Waals surface area contributed by atoms with Crippen molar-refractivity contribution in [3.05, 3.63) is 63.7 Å². The van der Waals surface area contributed by atoms with Gasteiger partial charge in [-0.25, -0.2) is 13.6 Å². The van der Waals surface area contributed by atoms with Crippen molar-refractivity contribution in [3.8, 4) is 5.75 Å². The van der Waals surface area contributed by atoms with E-state index in [4.69, 9.17) is 21.4 Å². The fraction of sp³-hybridized carbons (Fsp3) is 0.133. The highest BCUT2D eigenvalue weighted by Gasteiger charge is 2.16. The lowest BCUT2D eigenvalue weighted by molar-refractivity contribution is 0.0695. The van der Waals surface area contributed by atoms with Gasteiger partial charge in [-0.15, -0.1) is 0 Å². The molecule has 0 unspecified atom stereocenters. The molecule has 0 aliphatic rings. The van der Waals surface area contributed by atoms with Crippen LogP contribution in [0.1, 0.15) is 21.5 Å². The van der Waals surface area contributed by atoms with Gasteiger partial charge in [0.2, 0.25) is 0 Å². The quantitative estimate of drug-likeness (QED) is 0.920. The van der Waals surface area contributed by atoms with Crippen molar-refractivity contribution in [1.82, 2.24) is 0 Å². The Morgan fingerprint density at radius 1 is 1.24 bits per heavy atom. The van der Waals surface area contributed by atoms with Gasteiger partial charge in [-0.2, -0.15) is 0 Å². The van der Waals surface area contributed by atoms with Crippen LogP contribution in [0.4, 0.5) is 8.78 Å². The molecule has 0 fully saturated rings. The summed E-state index contributed by atoms with van der Waals surface area (Å²) in [6, 6.07) is 6.61. The lowest BCUT2D eigenvalue weighted by atomic mass is 10.1. The van der Waals surface area contributed by atoms with Crippen molar-refractivity contribution in [2.24, 2.45) is 0 Å². The third-order valence-corrected chi connectivity index (χ3v) is 3.18. The monoisotopic (exact) mass is 312 g/mol. The predicted molar refractivity (Wildman–Crippen MR) is 73.8 cm³/mol. The Morgan fingerprint density at radius 3 is 2.38 bits per heavy atom. The lowest BCUT2D eigenvalue weighted by Gasteiger charge is -2.10. The molecule has 0 heterocycles. The molecule has 0 aromatic heterocycles. The first kappa shape index (κ1) is 15.3. The first-order valence-electron chi connectivity index (χ1n) is 5.98. The first-order chi connectivity index (χ1) is 9.88. The van der Waals surface area contributed by atoms with Crippen LogP contribution in [-0.2, 0) is 6.61 Å². The average molecular weight is 313 g/mol. The molecule has 6 heteroatoms. The number of hydrogen-bond donors (Lipinski definition) is 1. The van der Waals surface area contributed by atoms with Crippen molar-refractivity contribution >= 4 is 17.6 Å². The van der Waals surface area contributed by atoms with Gasteiger partial charge in [0.25, 0.3) is 0 Å². The van der Waals surface area contributed by atoms with Gasteiger partial charge in [0.05, 0.1) is 5.56 Å². The Hall–Kier alpha value is -2.14. The van der Waals surface area contributed by atoms with Gasteiger partial charge in [-0.05, 0) is 30.7 Å². The molecule has 0 bridgehead atoms. The van der Waals surface area contributed by atoms with Gasteiger partial charge in [0, 0.05) is 10.6 Å². The summed E-state index contributed by atoms with van der Waals surface area (Å²) in [7, 11) is 0. The Kier molecular flexibility index (Phi) is 4.43. The van der Waals surface area contributed by atoms with Crippen LogP contribution in [0.15, 0.2) is 30.3 Å². The number of hydrogen-bond acceptors (Lipinski definition) is 2. The molecule has 2 aromatic rings. The van der Waals surface area contributed by atoms with Gasteiger partial charge in [-0.3, -0.25) is 0 Å². The number of carboxylic acids is 1. The zero-order chi connectivity index (χ0) is 15.6. The molecular formula is C15H11ClF2O3. The van der Waals surface area contributed by atoms with Gasteiger partial charge in [0.15, 0.2) is 17.4 Å². The van der Waals surface area contributed by atoms with Crippen LogP contribution >= 0.6 is 11.6 Å². The number of carboxylic acid groups (broad SMARTS) is 1. The highest BCUT2D eigenvalue weighted by atomic mass is 35.5. The van der Waals surface area contributed by atoms with Crippen LogP contribution in [0.5, 0.6) is 5.75 Å². The minimum absolute atomic E-state index is 0.126. The maximum absolute atomic E-state index is 13.7. The maximum Gasteiger partial charge on any atom is 0.335 e. The molecule has 1 N–H and O–H groups in total. The molecule has 0 radical (unpaired) electrons. The molecule has 0 spiro atoms. The third kappa shape index (κ3) is 3.49. The SMILES string of the molecule is Cc1ccc(COc2c(F)cc(C(=O)O)cc2F)c(Cl)c1. The van der Waals surface area contributed by atoms with Crippen molar-refractivity contribution in [2.75, 3.05) is 0 Å². The number of carbonyl (C=O) groups is 1. The van der Waals surface area contributed by atoms with Crippen LogP contribution in [0.25, 0.3) is 0 Å². The van der Waals surface area contributed by atoms with Crippen LogP contribution in [0, 0.1) is 18.6 Å². The number of aryl methyl sites for hydroxylation is 1. The van der Waals surface area contributed by atoms with Gasteiger partial charge >= 0.3 is 5.97 Å². The standard InChI is InChI=1S/C15H11ClF2O3/c1-8-2-3-9(11(16)4-8)7-21-14-12(17)5-10(15(19)20)6-13(14)18/h2-6H,7H2,1H3,(H,19,20). The summed E-state index contributed by atoms with van der Waals surface area (Å²) < 4.78 is 32.4. The van der Waals surface area contributed by atoms with Gasteiger partial charge in [0.1, 0.15) is 6.61 Å². The van der Waals surface area contributed by atoms with E-state index >= 15 is 0 Å². The third-order valence-electron chi connectivity index (χ3n) is 2.83. The molecule has 0 aliphatic heterocycles. The summed E-state index contributed by atoms with van der Waals surface area (Å²) in [6.45, 7) is 1.74. The number of aromatic carboxylic acids is 1. The highest BCUT2D eigenvalue weighted by molar-refractivity contribution is 6.31. The molecule has 0 amide bonds. The molecular weight excluding hydrogens is 302 g/mol. The Morgan fingerprint density at radius 2 is 1.86 bits per heavy atom. The Bertz CT molecular complexity index is 678. The molecule has 0 saturated carbocycles. The molecule has 2 rings (SSSR count).